The third kappa shape index (κ3) is 2.68. The van der Waals surface area contributed by atoms with Crippen LogP contribution in [0.25, 0.3) is 10.6 Å². The number of allylic oxidation sites excluding steroid dienone is 2. The minimum absolute atomic E-state index is 0.205. The topological polar surface area (TPSA) is 75.5 Å². The first-order valence-corrected chi connectivity index (χ1v) is 8.45. The molecule has 0 saturated heterocycles. The Labute approximate surface area is 149 Å². The van der Waals surface area contributed by atoms with Crippen molar-refractivity contribution in [2.45, 2.75) is 0 Å². The molecule has 130 valence electrons. The maximum atomic E-state index is 12.9. The van der Waals surface area contributed by atoms with Gasteiger partial charge in [0.2, 0.25) is 11.6 Å². The van der Waals surface area contributed by atoms with Crippen LogP contribution < -0.4 is 0 Å². The van der Waals surface area contributed by atoms with Crippen LogP contribution in [0.15, 0.2) is 23.3 Å². The second-order valence-electron chi connectivity index (χ2n) is 6.23. The molecule has 0 bridgehead atoms. The molecule has 25 heavy (non-hydrogen) atoms. The molecule has 0 saturated carbocycles. The van der Waals surface area contributed by atoms with E-state index >= 15 is 0 Å². The summed E-state index contributed by atoms with van der Waals surface area (Å²) in [6, 6.07) is 0. The SMILES string of the molecule is CN(C)C(=O)c1csc(-c2cn(C)c3c2C(=O)C(N(C)C)=CC3=O)n1. The fraction of sp³-hybridized carbons (Fsp3) is 0.294. The molecule has 0 spiro atoms. The fourth-order valence-electron chi connectivity index (χ4n) is 2.76. The smallest absolute Gasteiger partial charge is 0.272 e. The number of nitrogens with zero attached hydrogens (tertiary/aromatic N) is 4. The number of ketones is 2. The van der Waals surface area contributed by atoms with Gasteiger partial charge >= 0.3 is 0 Å². The molecule has 2 aromatic heterocycles. The maximum absolute atomic E-state index is 12.9. The maximum Gasteiger partial charge on any atom is 0.272 e. The van der Waals surface area contributed by atoms with Crippen molar-refractivity contribution in [2.75, 3.05) is 28.2 Å². The highest BCUT2D eigenvalue weighted by atomic mass is 32.1. The first-order chi connectivity index (χ1) is 11.7. The molecule has 0 unspecified atom stereocenters. The van der Waals surface area contributed by atoms with Crippen LogP contribution in [-0.2, 0) is 7.05 Å². The molecule has 0 fully saturated rings. The number of rotatable bonds is 3. The molecule has 0 aromatic carbocycles. The highest BCUT2D eigenvalue weighted by Crippen LogP contribution is 2.35. The number of aryl methyl sites for hydroxylation is 1. The van der Waals surface area contributed by atoms with Crippen molar-refractivity contribution >= 4 is 28.8 Å². The summed E-state index contributed by atoms with van der Waals surface area (Å²) in [4.78, 5) is 44.9. The fourth-order valence-corrected chi connectivity index (χ4v) is 3.57. The Morgan fingerprint density at radius 1 is 1.20 bits per heavy atom. The van der Waals surface area contributed by atoms with E-state index in [1.807, 2.05) is 0 Å². The van der Waals surface area contributed by atoms with Gasteiger partial charge in [-0.3, -0.25) is 14.4 Å². The summed E-state index contributed by atoms with van der Waals surface area (Å²) in [5.41, 5.74) is 1.93. The monoisotopic (exact) mass is 358 g/mol. The molecule has 0 atom stereocenters. The highest BCUT2D eigenvalue weighted by Gasteiger charge is 2.33. The van der Waals surface area contributed by atoms with Gasteiger partial charge in [0, 0.05) is 58.5 Å². The molecule has 0 N–H and O–H groups in total. The summed E-state index contributed by atoms with van der Waals surface area (Å²) < 4.78 is 1.64. The average Bonchev–Trinajstić information content (AvgIpc) is 3.14. The van der Waals surface area contributed by atoms with Crippen LogP contribution in [-0.4, -0.2) is 65.0 Å². The van der Waals surface area contributed by atoms with Gasteiger partial charge in [0.15, 0.2) is 0 Å². The number of carbonyl (C=O) groups excluding carboxylic acids is 3. The molecular formula is C17H18N4O3S. The van der Waals surface area contributed by atoms with E-state index in [0.29, 0.717) is 33.2 Å². The van der Waals surface area contributed by atoms with Gasteiger partial charge in [0.05, 0.1) is 11.3 Å². The molecule has 0 radical (unpaired) electrons. The largest absolute Gasteiger partial charge is 0.374 e. The first kappa shape index (κ1) is 17.1. The zero-order valence-corrected chi connectivity index (χ0v) is 15.5. The summed E-state index contributed by atoms with van der Waals surface area (Å²) >= 11 is 1.28. The van der Waals surface area contributed by atoms with Crippen molar-refractivity contribution in [3.63, 3.8) is 0 Å². The van der Waals surface area contributed by atoms with Crippen LogP contribution in [0.3, 0.4) is 0 Å². The summed E-state index contributed by atoms with van der Waals surface area (Å²) in [6.07, 6.45) is 3.08. The van der Waals surface area contributed by atoms with Gasteiger partial charge in [-0.05, 0) is 0 Å². The Morgan fingerprint density at radius 2 is 1.88 bits per heavy atom. The lowest BCUT2D eigenvalue weighted by Crippen LogP contribution is -2.26. The molecule has 1 aliphatic carbocycles. The van der Waals surface area contributed by atoms with Crippen LogP contribution in [0.2, 0.25) is 0 Å². The number of likely N-dealkylation sites (N-methyl/N-ethyl adjacent to an activating group) is 1. The van der Waals surface area contributed by atoms with Crippen LogP contribution >= 0.6 is 11.3 Å². The number of carbonyl (C=O) groups is 3. The zero-order valence-electron chi connectivity index (χ0n) is 14.7. The van der Waals surface area contributed by atoms with E-state index in [-0.39, 0.29) is 17.5 Å². The molecular weight excluding hydrogens is 340 g/mol. The van der Waals surface area contributed by atoms with Crippen molar-refractivity contribution in [1.29, 1.82) is 0 Å². The van der Waals surface area contributed by atoms with Gasteiger partial charge in [0.1, 0.15) is 16.4 Å². The minimum atomic E-state index is -0.217. The number of amides is 1. The number of aromatic nitrogens is 2. The van der Waals surface area contributed by atoms with Gasteiger partial charge in [-0.1, -0.05) is 0 Å². The molecule has 1 amide bonds. The van der Waals surface area contributed by atoms with E-state index in [4.69, 9.17) is 0 Å². The Kier molecular flexibility index (Phi) is 4.08. The van der Waals surface area contributed by atoms with E-state index in [9.17, 15) is 14.4 Å². The summed E-state index contributed by atoms with van der Waals surface area (Å²) in [7, 11) is 8.48. The van der Waals surface area contributed by atoms with Gasteiger partial charge in [-0.15, -0.1) is 11.3 Å². The molecule has 3 rings (SSSR count). The third-order valence-corrected chi connectivity index (χ3v) is 4.86. The van der Waals surface area contributed by atoms with Crippen LogP contribution in [0.4, 0.5) is 0 Å². The lowest BCUT2D eigenvalue weighted by atomic mass is 9.95. The van der Waals surface area contributed by atoms with Crippen molar-refractivity contribution in [2.24, 2.45) is 7.05 Å². The summed E-state index contributed by atoms with van der Waals surface area (Å²) in [5.74, 6) is -0.636. The lowest BCUT2D eigenvalue weighted by Gasteiger charge is -2.20. The van der Waals surface area contributed by atoms with Crippen molar-refractivity contribution < 1.29 is 14.4 Å². The second-order valence-corrected chi connectivity index (χ2v) is 7.09. The summed E-state index contributed by atoms with van der Waals surface area (Å²) in [6.45, 7) is 0. The van der Waals surface area contributed by atoms with Gasteiger partial charge in [-0.25, -0.2) is 4.98 Å². The molecule has 1 aliphatic rings. The van der Waals surface area contributed by atoms with Crippen molar-refractivity contribution in [3.8, 4) is 10.6 Å². The first-order valence-electron chi connectivity index (χ1n) is 7.57. The normalized spacial score (nSPS) is 13.6. The quantitative estimate of drug-likeness (QED) is 0.834. The number of Topliss-reactive ketones (excluding diaryl/α,β-unsaturated/α-hetero) is 1. The predicted octanol–water partition coefficient (Wildman–Crippen LogP) is 1.67. The van der Waals surface area contributed by atoms with Crippen LogP contribution in [0.5, 0.6) is 0 Å². The number of hydrogen-bond acceptors (Lipinski definition) is 6. The van der Waals surface area contributed by atoms with E-state index in [1.165, 1.54) is 22.3 Å². The highest BCUT2D eigenvalue weighted by molar-refractivity contribution is 7.13. The van der Waals surface area contributed by atoms with E-state index < -0.39 is 0 Å². The Hall–Kier alpha value is -2.74. The van der Waals surface area contributed by atoms with Crippen molar-refractivity contribution in [3.05, 3.63) is 40.3 Å². The number of thiazole rings is 1. The molecule has 2 heterocycles. The van der Waals surface area contributed by atoms with E-state index in [2.05, 4.69) is 4.98 Å². The number of hydrogen-bond donors (Lipinski definition) is 0. The lowest BCUT2D eigenvalue weighted by molar-refractivity contribution is 0.0822. The minimum Gasteiger partial charge on any atom is -0.374 e. The Balaban J connectivity index is 2.14. The predicted molar refractivity (Wildman–Crippen MR) is 95.0 cm³/mol. The number of fused-ring (bicyclic) bond motifs is 1. The van der Waals surface area contributed by atoms with Crippen molar-refractivity contribution in [1.82, 2.24) is 19.4 Å². The van der Waals surface area contributed by atoms with Crippen LogP contribution in [0.1, 0.15) is 31.3 Å². The van der Waals surface area contributed by atoms with E-state index in [1.54, 1.807) is 56.3 Å². The van der Waals surface area contributed by atoms with Crippen LogP contribution in [0, 0.1) is 0 Å². The summed E-state index contributed by atoms with van der Waals surface area (Å²) in [5, 5.41) is 2.21. The van der Waals surface area contributed by atoms with Gasteiger partial charge in [-0.2, -0.15) is 0 Å². The average molecular weight is 358 g/mol. The third-order valence-electron chi connectivity index (χ3n) is 3.98. The Morgan fingerprint density at radius 3 is 2.48 bits per heavy atom. The standard InChI is InChI=1S/C17H18N4O3S/c1-19(2)11-6-12(22)14-13(15(11)23)9(7-21(14)5)16-18-10(8-25-16)17(24)20(3)4/h6-8H,1-5H3. The zero-order chi connectivity index (χ0) is 18.5. The second kappa shape index (κ2) is 5.96. The van der Waals surface area contributed by atoms with E-state index in [0.717, 1.165) is 0 Å². The molecule has 0 aliphatic heterocycles. The van der Waals surface area contributed by atoms with Gasteiger partial charge in [0.25, 0.3) is 5.91 Å². The Bertz CT molecular complexity index is 934. The molecule has 8 heteroatoms. The molecule has 7 nitrogen and oxygen atoms in total. The molecule has 2 aromatic rings. The van der Waals surface area contributed by atoms with Gasteiger partial charge < -0.3 is 14.4 Å².